The maximum absolute atomic E-state index is 13.3. The third-order valence-electron chi connectivity index (χ3n) is 5.05. The number of nitrogens with zero attached hydrogens (tertiary/aromatic N) is 3. The van der Waals surface area contributed by atoms with Crippen molar-refractivity contribution >= 4 is 28.4 Å². The molecule has 1 aliphatic rings. The molecule has 2 aromatic heterocycles. The number of carbonyl (C=O) groups is 1. The lowest BCUT2D eigenvalue weighted by Gasteiger charge is -2.28. The quantitative estimate of drug-likeness (QED) is 0.557. The summed E-state index contributed by atoms with van der Waals surface area (Å²) in [6, 6.07) is 13.3. The summed E-state index contributed by atoms with van der Waals surface area (Å²) in [5, 5.41) is 8.52. The molecule has 5 rings (SSSR count). The Morgan fingerprint density at radius 2 is 2.07 bits per heavy atom. The van der Waals surface area contributed by atoms with Gasteiger partial charge in [0, 0.05) is 52.3 Å². The van der Waals surface area contributed by atoms with Crippen molar-refractivity contribution in [3.63, 3.8) is 0 Å². The van der Waals surface area contributed by atoms with Gasteiger partial charge in [0.25, 0.3) is 5.91 Å². The Morgan fingerprint density at radius 1 is 1.19 bits per heavy atom. The van der Waals surface area contributed by atoms with Gasteiger partial charge < -0.3 is 9.88 Å². The minimum Gasteiger partial charge on any atom is -0.358 e. The van der Waals surface area contributed by atoms with Gasteiger partial charge in [-0.1, -0.05) is 29.8 Å². The average molecular weight is 378 g/mol. The van der Waals surface area contributed by atoms with Crippen LogP contribution in [0.15, 0.2) is 48.8 Å². The van der Waals surface area contributed by atoms with Crippen molar-refractivity contribution in [2.75, 3.05) is 6.54 Å². The molecule has 0 spiro atoms. The third-order valence-corrected chi connectivity index (χ3v) is 5.29. The van der Waals surface area contributed by atoms with Crippen molar-refractivity contribution < 1.29 is 4.79 Å². The van der Waals surface area contributed by atoms with Crippen LogP contribution in [0, 0.1) is 0 Å². The van der Waals surface area contributed by atoms with Crippen LogP contribution in [-0.2, 0) is 13.0 Å². The van der Waals surface area contributed by atoms with E-state index in [1.54, 1.807) is 0 Å². The zero-order valence-corrected chi connectivity index (χ0v) is 15.1. The highest BCUT2D eigenvalue weighted by Gasteiger charge is 2.26. The van der Waals surface area contributed by atoms with Crippen molar-refractivity contribution in [2.45, 2.75) is 13.0 Å². The molecule has 1 amide bonds. The van der Waals surface area contributed by atoms with Crippen molar-refractivity contribution in [3.8, 4) is 11.4 Å². The smallest absolute Gasteiger partial charge is 0.254 e. The number of hydrogen-bond donors (Lipinski definition) is 2. The molecule has 0 bridgehead atoms. The Bertz CT molecular complexity index is 1150. The number of aromatic amines is 2. The van der Waals surface area contributed by atoms with Gasteiger partial charge in [-0.05, 0) is 24.3 Å². The first-order chi connectivity index (χ1) is 13.2. The summed E-state index contributed by atoms with van der Waals surface area (Å²) >= 11 is 6.18. The van der Waals surface area contributed by atoms with E-state index in [2.05, 4.69) is 20.2 Å². The fourth-order valence-corrected chi connectivity index (χ4v) is 3.91. The summed E-state index contributed by atoms with van der Waals surface area (Å²) in [7, 11) is 0. The molecule has 0 atom stereocenters. The van der Waals surface area contributed by atoms with Crippen molar-refractivity contribution in [2.24, 2.45) is 0 Å². The van der Waals surface area contributed by atoms with E-state index in [-0.39, 0.29) is 5.91 Å². The van der Waals surface area contributed by atoms with Gasteiger partial charge >= 0.3 is 0 Å². The predicted molar refractivity (Wildman–Crippen MR) is 104 cm³/mol. The molecule has 0 saturated heterocycles. The summed E-state index contributed by atoms with van der Waals surface area (Å²) in [5.74, 6) is 0.583. The largest absolute Gasteiger partial charge is 0.358 e. The minimum atomic E-state index is -0.0102. The van der Waals surface area contributed by atoms with E-state index in [4.69, 9.17) is 11.6 Å². The highest BCUT2D eigenvalue weighted by atomic mass is 35.5. The summed E-state index contributed by atoms with van der Waals surface area (Å²) < 4.78 is 0. The van der Waals surface area contributed by atoms with E-state index in [1.165, 1.54) is 12.0 Å². The summed E-state index contributed by atoms with van der Waals surface area (Å²) in [6.45, 7) is 1.22. The van der Waals surface area contributed by atoms with Gasteiger partial charge in [-0.25, -0.2) is 4.98 Å². The van der Waals surface area contributed by atoms with Gasteiger partial charge in [0.15, 0.2) is 5.82 Å². The van der Waals surface area contributed by atoms with E-state index in [1.807, 2.05) is 47.4 Å². The number of halogens is 1. The van der Waals surface area contributed by atoms with Crippen LogP contribution in [0.2, 0.25) is 5.02 Å². The van der Waals surface area contributed by atoms with Gasteiger partial charge in [-0.15, -0.1) is 0 Å². The van der Waals surface area contributed by atoms with E-state index in [0.717, 1.165) is 28.5 Å². The number of fused-ring (bicyclic) bond motifs is 3. The van der Waals surface area contributed by atoms with Crippen LogP contribution < -0.4 is 0 Å². The Kier molecular flexibility index (Phi) is 3.72. The number of aromatic nitrogens is 4. The summed E-state index contributed by atoms with van der Waals surface area (Å²) in [6.07, 6.45) is 2.23. The molecule has 1 aliphatic heterocycles. The van der Waals surface area contributed by atoms with E-state index >= 15 is 0 Å². The lowest BCUT2D eigenvalue weighted by Crippen LogP contribution is -2.36. The first kappa shape index (κ1) is 16.1. The molecule has 134 valence electrons. The fourth-order valence-electron chi connectivity index (χ4n) is 3.74. The molecule has 2 N–H and O–H groups in total. The molecule has 6 nitrogen and oxygen atoms in total. The van der Waals surface area contributed by atoms with E-state index in [9.17, 15) is 4.79 Å². The maximum Gasteiger partial charge on any atom is 0.254 e. The molecule has 2 aromatic carbocycles. The van der Waals surface area contributed by atoms with Crippen LogP contribution in [0.3, 0.4) is 0 Å². The Morgan fingerprint density at radius 3 is 2.93 bits per heavy atom. The zero-order valence-electron chi connectivity index (χ0n) is 14.4. The second kappa shape index (κ2) is 6.25. The molecular formula is C20H16ClN5O. The summed E-state index contributed by atoms with van der Waals surface area (Å²) in [5.41, 5.74) is 4.76. The van der Waals surface area contributed by atoms with Crippen LogP contribution in [0.5, 0.6) is 0 Å². The Hall–Kier alpha value is -3.12. The molecule has 4 aromatic rings. The predicted octanol–water partition coefficient (Wildman–Crippen LogP) is 3.80. The first-order valence-corrected chi connectivity index (χ1v) is 9.11. The lowest BCUT2D eigenvalue weighted by molar-refractivity contribution is 0.0736. The molecule has 0 aliphatic carbocycles. The molecule has 3 heterocycles. The zero-order chi connectivity index (χ0) is 18.4. The normalized spacial score (nSPS) is 13.7. The van der Waals surface area contributed by atoms with Gasteiger partial charge in [-0.2, -0.15) is 5.10 Å². The summed E-state index contributed by atoms with van der Waals surface area (Å²) in [4.78, 5) is 22.8. The first-order valence-electron chi connectivity index (χ1n) is 8.74. The van der Waals surface area contributed by atoms with Crippen molar-refractivity contribution in [1.82, 2.24) is 25.1 Å². The van der Waals surface area contributed by atoms with Gasteiger partial charge in [0.05, 0.1) is 5.56 Å². The SMILES string of the molecule is O=C(c1ccccc1-c1ncn[nH]1)N1CCc2[nH]c3ccc(Cl)cc3c2C1. The third kappa shape index (κ3) is 2.69. The fraction of sp³-hybridized carbons (Fsp3) is 0.150. The van der Waals surface area contributed by atoms with Crippen LogP contribution >= 0.6 is 11.6 Å². The van der Waals surface area contributed by atoms with Crippen LogP contribution in [0.25, 0.3) is 22.3 Å². The molecule has 27 heavy (non-hydrogen) atoms. The van der Waals surface area contributed by atoms with Crippen molar-refractivity contribution in [3.05, 3.63) is 70.6 Å². The molecule has 0 radical (unpaired) electrons. The maximum atomic E-state index is 13.3. The highest BCUT2D eigenvalue weighted by molar-refractivity contribution is 6.31. The van der Waals surface area contributed by atoms with Gasteiger partial charge in [0.1, 0.15) is 6.33 Å². The lowest BCUT2D eigenvalue weighted by atomic mass is 10.0. The van der Waals surface area contributed by atoms with Crippen LogP contribution in [0.1, 0.15) is 21.6 Å². The molecule has 7 heteroatoms. The van der Waals surface area contributed by atoms with Gasteiger partial charge in [-0.3, -0.25) is 9.89 Å². The van der Waals surface area contributed by atoms with Crippen LogP contribution in [0.4, 0.5) is 0 Å². The number of carbonyl (C=O) groups excluding carboxylic acids is 1. The number of hydrogen-bond acceptors (Lipinski definition) is 3. The van der Waals surface area contributed by atoms with Crippen molar-refractivity contribution in [1.29, 1.82) is 0 Å². The standard InChI is InChI=1S/C20H16ClN5O/c21-12-5-6-17-15(9-12)16-10-26(8-7-18(16)24-17)20(27)14-4-2-1-3-13(14)19-22-11-23-25-19/h1-6,9,11,24H,7-8,10H2,(H,22,23,25). The topological polar surface area (TPSA) is 77.7 Å². The minimum absolute atomic E-state index is 0.0102. The molecular weight excluding hydrogens is 362 g/mol. The Labute approximate surface area is 160 Å². The van der Waals surface area contributed by atoms with E-state index < -0.39 is 0 Å². The molecule has 0 unspecified atom stereocenters. The van der Waals surface area contributed by atoms with E-state index in [0.29, 0.717) is 29.5 Å². The molecule has 0 saturated carbocycles. The second-order valence-electron chi connectivity index (χ2n) is 6.63. The number of amides is 1. The number of nitrogens with one attached hydrogen (secondary N) is 2. The number of rotatable bonds is 2. The average Bonchev–Trinajstić information content (AvgIpc) is 3.35. The van der Waals surface area contributed by atoms with Crippen LogP contribution in [-0.4, -0.2) is 37.5 Å². The second-order valence-corrected chi connectivity index (χ2v) is 7.06. The highest BCUT2D eigenvalue weighted by Crippen LogP contribution is 2.31. The molecule has 0 fully saturated rings. The number of H-pyrrole nitrogens is 2. The monoisotopic (exact) mass is 377 g/mol. The Balaban J connectivity index is 1.52. The number of benzene rings is 2. The van der Waals surface area contributed by atoms with Gasteiger partial charge in [0.2, 0.25) is 0 Å².